The molecule has 0 aromatic heterocycles. The fourth-order valence-electron chi connectivity index (χ4n) is 2.64. The molecule has 0 heterocycles. The third-order valence-electron chi connectivity index (χ3n) is 3.64. The van der Waals surface area contributed by atoms with E-state index in [1.807, 2.05) is 0 Å². The minimum absolute atomic E-state index is 0.0392. The lowest BCUT2D eigenvalue weighted by Gasteiger charge is -2.14. The van der Waals surface area contributed by atoms with Gasteiger partial charge in [-0.15, -0.1) is 0 Å². The standard InChI is InChI=1S/C12H18N4O4S/c1-8-5-6-9(7-8)15-21(19,20)11-4-2-3-10(14-13)12(11)16(17)18/h2-4,8-9,14-15H,5-7,13H2,1H3. The summed E-state index contributed by atoms with van der Waals surface area (Å²) in [5, 5.41) is 11.2. The fraction of sp³-hybridized carbons (Fsp3) is 0.500. The van der Waals surface area contributed by atoms with Crippen molar-refractivity contribution in [3.05, 3.63) is 28.3 Å². The van der Waals surface area contributed by atoms with Gasteiger partial charge in [-0.25, -0.2) is 13.1 Å². The molecule has 2 unspecified atom stereocenters. The Morgan fingerprint density at radius 1 is 1.38 bits per heavy atom. The molecule has 1 aliphatic carbocycles. The molecular weight excluding hydrogens is 296 g/mol. The summed E-state index contributed by atoms with van der Waals surface area (Å²) in [5.74, 6) is 5.66. The van der Waals surface area contributed by atoms with Crippen molar-refractivity contribution in [1.29, 1.82) is 0 Å². The largest absolute Gasteiger partial charge is 0.318 e. The average Bonchev–Trinajstić information content (AvgIpc) is 2.82. The molecule has 1 aromatic rings. The van der Waals surface area contributed by atoms with Gasteiger partial charge >= 0.3 is 5.69 Å². The Balaban J connectivity index is 2.38. The van der Waals surface area contributed by atoms with Crippen molar-refractivity contribution in [2.24, 2.45) is 11.8 Å². The number of hydrazine groups is 1. The smallest absolute Gasteiger partial charge is 0.313 e. The summed E-state index contributed by atoms with van der Waals surface area (Å²) in [5.41, 5.74) is 1.57. The van der Waals surface area contributed by atoms with E-state index in [1.165, 1.54) is 18.2 Å². The quantitative estimate of drug-likeness (QED) is 0.427. The Bertz CT molecular complexity index is 647. The first-order chi connectivity index (χ1) is 9.85. The second-order valence-electron chi connectivity index (χ2n) is 5.29. The summed E-state index contributed by atoms with van der Waals surface area (Å²) < 4.78 is 27.4. The Morgan fingerprint density at radius 3 is 2.62 bits per heavy atom. The van der Waals surface area contributed by atoms with E-state index in [1.54, 1.807) is 0 Å². The van der Waals surface area contributed by atoms with Crippen molar-refractivity contribution < 1.29 is 13.3 Å². The first-order valence-corrected chi connectivity index (χ1v) is 8.10. The van der Waals surface area contributed by atoms with Gasteiger partial charge in [-0.3, -0.25) is 16.0 Å². The van der Waals surface area contributed by atoms with Gasteiger partial charge in [0.05, 0.1) is 4.92 Å². The number of hydrogen-bond donors (Lipinski definition) is 3. The molecule has 8 nitrogen and oxygen atoms in total. The molecule has 0 radical (unpaired) electrons. The third-order valence-corrected chi connectivity index (χ3v) is 5.20. The van der Waals surface area contributed by atoms with E-state index in [2.05, 4.69) is 17.1 Å². The molecule has 0 saturated heterocycles. The van der Waals surface area contributed by atoms with E-state index in [4.69, 9.17) is 5.84 Å². The van der Waals surface area contributed by atoms with Crippen LogP contribution in [0.25, 0.3) is 0 Å². The summed E-state index contributed by atoms with van der Waals surface area (Å²) in [6.07, 6.45) is 2.42. The van der Waals surface area contributed by atoms with Crippen molar-refractivity contribution in [3.63, 3.8) is 0 Å². The monoisotopic (exact) mass is 314 g/mol. The fourth-order valence-corrected chi connectivity index (χ4v) is 4.12. The molecule has 0 amide bonds. The predicted molar refractivity (Wildman–Crippen MR) is 78.0 cm³/mol. The number of anilines is 1. The summed E-state index contributed by atoms with van der Waals surface area (Å²) >= 11 is 0. The highest BCUT2D eigenvalue weighted by Crippen LogP contribution is 2.32. The van der Waals surface area contributed by atoms with Crippen molar-refractivity contribution in [2.75, 3.05) is 5.43 Å². The van der Waals surface area contributed by atoms with Crippen LogP contribution in [0.2, 0.25) is 0 Å². The molecule has 116 valence electrons. The van der Waals surface area contributed by atoms with Gasteiger partial charge in [0.25, 0.3) is 0 Å². The number of nitrogens with zero attached hydrogens (tertiary/aromatic N) is 1. The van der Waals surface area contributed by atoms with Gasteiger partial charge in [0, 0.05) is 6.04 Å². The second-order valence-corrected chi connectivity index (χ2v) is 6.97. The molecule has 21 heavy (non-hydrogen) atoms. The molecular formula is C12H18N4O4S. The molecule has 0 bridgehead atoms. The molecule has 1 saturated carbocycles. The van der Waals surface area contributed by atoms with Gasteiger partial charge in [0.1, 0.15) is 5.69 Å². The number of nitrogens with two attached hydrogens (primary N) is 1. The van der Waals surface area contributed by atoms with Crippen molar-refractivity contribution in [1.82, 2.24) is 4.72 Å². The lowest BCUT2D eigenvalue weighted by atomic mass is 10.1. The van der Waals surface area contributed by atoms with Gasteiger partial charge in [-0.1, -0.05) is 13.0 Å². The van der Waals surface area contributed by atoms with E-state index < -0.39 is 20.6 Å². The SMILES string of the molecule is CC1CCC(NS(=O)(=O)c2cccc(NN)c2[N+](=O)[O-])C1. The molecule has 1 fully saturated rings. The van der Waals surface area contributed by atoms with E-state index in [9.17, 15) is 18.5 Å². The van der Waals surface area contributed by atoms with E-state index in [0.29, 0.717) is 5.92 Å². The number of para-hydroxylation sites is 1. The van der Waals surface area contributed by atoms with Crippen LogP contribution in [0.3, 0.4) is 0 Å². The molecule has 2 atom stereocenters. The summed E-state index contributed by atoms with van der Waals surface area (Å²) in [6.45, 7) is 2.05. The molecule has 0 spiro atoms. The van der Waals surface area contributed by atoms with Crippen LogP contribution < -0.4 is 16.0 Å². The number of nitro benzene ring substituents is 1. The highest BCUT2D eigenvalue weighted by molar-refractivity contribution is 7.89. The summed E-state index contributed by atoms with van der Waals surface area (Å²) in [4.78, 5) is 10.0. The van der Waals surface area contributed by atoms with E-state index >= 15 is 0 Å². The first-order valence-electron chi connectivity index (χ1n) is 6.61. The van der Waals surface area contributed by atoms with Crippen molar-refractivity contribution in [3.8, 4) is 0 Å². The normalized spacial score (nSPS) is 22.2. The lowest BCUT2D eigenvalue weighted by molar-refractivity contribution is -0.386. The number of nitrogen functional groups attached to an aromatic ring is 1. The van der Waals surface area contributed by atoms with Gasteiger partial charge in [0.15, 0.2) is 4.90 Å². The van der Waals surface area contributed by atoms with E-state index in [-0.39, 0.29) is 16.6 Å². The van der Waals surface area contributed by atoms with Crippen LogP contribution in [0.4, 0.5) is 11.4 Å². The number of sulfonamides is 1. The van der Waals surface area contributed by atoms with Crippen LogP contribution >= 0.6 is 0 Å². The highest BCUT2D eigenvalue weighted by atomic mass is 32.2. The van der Waals surface area contributed by atoms with Gasteiger partial charge < -0.3 is 5.43 Å². The molecule has 9 heteroatoms. The lowest BCUT2D eigenvalue weighted by Crippen LogP contribution is -2.33. The zero-order valence-electron chi connectivity index (χ0n) is 11.6. The number of rotatable bonds is 5. The van der Waals surface area contributed by atoms with Gasteiger partial charge in [0.2, 0.25) is 10.0 Å². The Labute approximate surface area is 122 Å². The minimum Gasteiger partial charge on any atom is -0.318 e. The van der Waals surface area contributed by atoms with Crippen LogP contribution in [0.5, 0.6) is 0 Å². The molecule has 1 aromatic carbocycles. The van der Waals surface area contributed by atoms with Crippen LogP contribution in [0.15, 0.2) is 23.1 Å². The van der Waals surface area contributed by atoms with Crippen LogP contribution in [0, 0.1) is 16.0 Å². The maximum Gasteiger partial charge on any atom is 0.313 e. The maximum absolute atomic E-state index is 12.4. The topological polar surface area (TPSA) is 127 Å². The first kappa shape index (κ1) is 15.7. The maximum atomic E-state index is 12.4. The molecule has 0 aliphatic heterocycles. The average molecular weight is 314 g/mol. The van der Waals surface area contributed by atoms with Gasteiger partial charge in [-0.2, -0.15) is 0 Å². The summed E-state index contributed by atoms with van der Waals surface area (Å²) in [6, 6.07) is 3.79. The number of nitro groups is 1. The highest BCUT2D eigenvalue weighted by Gasteiger charge is 2.32. The summed E-state index contributed by atoms with van der Waals surface area (Å²) in [7, 11) is -3.96. The number of nitrogens with one attached hydrogen (secondary N) is 2. The second kappa shape index (κ2) is 5.96. The van der Waals surface area contributed by atoms with Crippen molar-refractivity contribution >= 4 is 21.4 Å². The van der Waals surface area contributed by atoms with Crippen LogP contribution in [-0.2, 0) is 10.0 Å². The molecule has 1 aliphatic rings. The van der Waals surface area contributed by atoms with Crippen molar-refractivity contribution in [2.45, 2.75) is 37.1 Å². The Kier molecular flexibility index (Phi) is 4.45. The number of hydrogen-bond acceptors (Lipinski definition) is 6. The Hall–Kier alpha value is -1.71. The zero-order chi connectivity index (χ0) is 15.6. The molecule has 2 rings (SSSR count). The van der Waals surface area contributed by atoms with Crippen LogP contribution in [-0.4, -0.2) is 19.4 Å². The zero-order valence-corrected chi connectivity index (χ0v) is 12.4. The van der Waals surface area contributed by atoms with Gasteiger partial charge in [-0.05, 0) is 37.3 Å². The third kappa shape index (κ3) is 3.31. The van der Waals surface area contributed by atoms with E-state index in [0.717, 1.165) is 19.3 Å². The van der Waals surface area contributed by atoms with Crippen LogP contribution in [0.1, 0.15) is 26.2 Å². The number of benzene rings is 1. The Morgan fingerprint density at radius 2 is 2.10 bits per heavy atom. The molecule has 4 N–H and O–H groups in total. The predicted octanol–water partition coefficient (Wildman–Crippen LogP) is 1.35. The minimum atomic E-state index is -3.96.